The summed E-state index contributed by atoms with van der Waals surface area (Å²) in [6, 6.07) is 20.6. The predicted molar refractivity (Wildman–Crippen MR) is 121 cm³/mol. The lowest BCUT2D eigenvalue weighted by Crippen LogP contribution is -2.44. The van der Waals surface area contributed by atoms with Crippen molar-refractivity contribution in [2.24, 2.45) is 0 Å². The van der Waals surface area contributed by atoms with E-state index in [1.165, 1.54) is 5.56 Å². The van der Waals surface area contributed by atoms with E-state index in [-0.39, 0.29) is 11.8 Å². The zero-order chi connectivity index (χ0) is 21.3. The van der Waals surface area contributed by atoms with Crippen molar-refractivity contribution in [3.8, 4) is 5.75 Å². The highest BCUT2D eigenvalue weighted by Gasteiger charge is 2.31. The van der Waals surface area contributed by atoms with Gasteiger partial charge in [0.15, 0.2) is 6.10 Å². The average Bonchev–Trinajstić information content (AvgIpc) is 2.73. The summed E-state index contributed by atoms with van der Waals surface area (Å²) in [5, 5.41) is 2.90. The van der Waals surface area contributed by atoms with Crippen LogP contribution in [0.25, 0.3) is 0 Å². The number of benzene rings is 3. The number of halogens is 1. The highest BCUT2D eigenvalue weighted by Crippen LogP contribution is 2.37. The molecule has 0 spiro atoms. The molecular formula is C24H21BrN2O3. The second kappa shape index (κ2) is 8.32. The predicted octanol–water partition coefficient (Wildman–Crippen LogP) is 5.32. The fraction of sp³-hybridized carbons (Fsp3) is 0.167. The molecule has 5 nitrogen and oxygen atoms in total. The van der Waals surface area contributed by atoms with Crippen molar-refractivity contribution in [1.82, 2.24) is 0 Å². The van der Waals surface area contributed by atoms with E-state index in [2.05, 4.69) is 21.2 Å². The molecule has 0 radical (unpaired) electrons. The SMILES string of the molecule is Cc1ccc(CN2C(=O)C(C)Oc3ccc(NC(=O)c4cccc(Br)c4)cc32)cc1. The van der Waals surface area contributed by atoms with Crippen molar-refractivity contribution in [3.05, 3.63) is 87.9 Å². The quantitative estimate of drug-likeness (QED) is 0.567. The third kappa shape index (κ3) is 4.24. The molecule has 0 fully saturated rings. The minimum absolute atomic E-state index is 0.112. The van der Waals surface area contributed by atoms with E-state index in [1.54, 1.807) is 42.2 Å². The number of nitrogens with one attached hydrogen (secondary N) is 1. The van der Waals surface area contributed by atoms with Gasteiger partial charge in [-0.15, -0.1) is 0 Å². The summed E-state index contributed by atoms with van der Waals surface area (Å²) < 4.78 is 6.61. The van der Waals surface area contributed by atoms with Crippen LogP contribution in [0.4, 0.5) is 11.4 Å². The van der Waals surface area contributed by atoms with Crippen LogP contribution in [0.5, 0.6) is 5.75 Å². The molecular weight excluding hydrogens is 444 g/mol. The van der Waals surface area contributed by atoms with E-state index in [0.29, 0.717) is 29.2 Å². The van der Waals surface area contributed by atoms with Gasteiger partial charge < -0.3 is 15.0 Å². The maximum absolute atomic E-state index is 12.9. The lowest BCUT2D eigenvalue weighted by atomic mass is 10.1. The number of rotatable bonds is 4. The Hall–Kier alpha value is -3.12. The van der Waals surface area contributed by atoms with Gasteiger partial charge in [0.1, 0.15) is 5.75 Å². The Labute approximate surface area is 183 Å². The van der Waals surface area contributed by atoms with Gasteiger partial charge in [0, 0.05) is 15.7 Å². The van der Waals surface area contributed by atoms with Crippen LogP contribution in [0, 0.1) is 6.92 Å². The largest absolute Gasteiger partial charge is 0.479 e. The smallest absolute Gasteiger partial charge is 0.268 e. The van der Waals surface area contributed by atoms with Gasteiger partial charge in [-0.2, -0.15) is 0 Å². The van der Waals surface area contributed by atoms with E-state index in [9.17, 15) is 9.59 Å². The lowest BCUT2D eigenvalue weighted by molar-refractivity contribution is -0.125. The van der Waals surface area contributed by atoms with Crippen LogP contribution in [0.2, 0.25) is 0 Å². The van der Waals surface area contributed by atoms with Gasteiger partial charge in [0.2, 0.25) is 0 Å². The first kappa shape index (κ1) is 20.2. The summed E-state index contributed by atoms with van der Waals surface area (Å²) >= 11 is 3.38. The number of fused-ring (bicyclic) bond motifs is 1. The van der Waals surface area contributed by atoms with Gasteiger partial charge in [-0.3, -0.25) is 9.59 Å². The number of amides is 2. The summed E-state index contributed by atoms with van der Waals surface area (Å²) in [6.45, 7) is 4.21. The van der Waals surface area contributed by atoms with Crippen molar-refractivity contribution in [2.75, 3.05) is 10.2 Å². The molecule has 1 unspecified atom stereocenters. The zero-order valence-electron chi connectivity index (χ0n) is 16.7. The number of nitrogens with zero attached hydrogens (tertiary/aromatic N) is 1. The molecule has 0 saturated carbocycles. The number of aryl methyl sites for hydroxylation is 1. The Morgan fingerprint density at radius 1 is 1.10 bits per heavy atom. The second-order valence-electron chi connectivity index (χ2n) is 7.32. The lowest BCUT2D eigenvalue weighted by Gasteiger charge is -2.33. The molecule has 1 aliphatic heterocycles. The molecule has 30 heavy (non-hydrogen) atoms. The Morgan fingerprint density at radius 2 is 1.87 bits per heavy atom. The molecule has 2 amide bonds. The van der Waals surface area contributed by atoms with E-state index in [0.717, 1.165) is 10.0 Å². The molecule has 152 valence electrons. The van der Waals surface area contributed by atoms with Crippen LogP contribution >= 0.6 is 15.9 Å². The van der Waals surface area contributed by atoms with Gasteiger partial charge in [0.25, 0.3) is 11.8 Å². The summed E-state index contributed by atoms with van der Waals surface area (Å²) in [5.41, 5.74) is 3.97. The highest BCUT2D eigenvalue weighted by atomic mass is 79.9. The number of carbonyl (C=O) groups is 2. The minimum atomic E-state index is -0.565. The molecule has 1 heterocycles. The van der Waals surface area contributed by atoms with Crippen LogP contribution in [0.1, 0.15) is 28.4 Å². The first-order chi connectivity index (χ1) is 14.4. The third-order valence-corrected chi connectivity index (χ3v) is 5.47. The number of ether oxygens (including phenoxy) is 1. The fourth-order valence-electron chi connectivity index (χ4n) is 3.36. The molecule has 1 N–H and O–H groups in total. The molecule has 6 heteroatoms. The van der Waals surface area contributed by atoms with Crippen molar-refractivity contribution in [1.29, 1.82) is 0 Å². The van der Waals surface area contributed by atoms with Crippen molar-refractivity contribution >= 4 is 39.1 Å². The summed E-state index contributed by atoms with van der Waals surface area (Å²) in [4.78, 5) is 27.2. The van der Waals surface area contributed by atoms with Gasteiger partial charge in [-0.1, -0.05) is 51.8 Å². The minimum Gasteiger partial charge on any atom is -0.479 e. The van der Waals surface area contributed by atoms with E-state index in [1.807, 2.05) is 43.3 Å². The maximum atomic E-state index is 12.9. The van der Waals surface area contributed by atoms with Crippen LogP contribution < -0.4 is 15.0 Å². The molecule has 3 aromatic rings. The van der Waals surface area contributed by atoms with Gasteiger partial charge >= 0.3 is 0 Å². The highest BCUT2D eigenvalue weighted by molar-refractivity contribution is 9.10. The van der Waals surface area contributed by atoms with E-state index in [4.69, 9.17) is 4.74 Å². The number of hydrogen-bond donors (Lipinski definition) is 1. The molecule has 3 aromatic carbocycles. The van der Waals surface area contributed by atoms with Gasteiger partial charge in [-0.25, -0.2) is 0 Å². The number of anilines is 2. The second-order valence-corrected chi connectivity index (χ2v) is 8.23. The molecule has 1 atom stereocenters. The van der Waals surface area contributed by atoms with Gasteiger partial charge in [-0.05, 0) is 55.8 Å². The van der Waals surface area contributed by atoms with Crippen molar-refractivity contribution < 1.29 is 14.3 Å². The Kier molecular flexibility index (Phi) is 5.59. The molecule has 0 saturated heterocycles. The summed E-state index contributed by atoms with van der Waals surface area (Å²) in [6.07, 6.45) is -0.565. The summed E-state index contributed by atoms with van der Waals surface area (Å²) in [7, 11) is 0. The normalized spacial score (nSPS) is 15.4. The maximum Gasteiger partial charge on any atom is 0.268 e. The Bertz CT molecular complexity index is 1110. The Balaban J connectivity index is 1.63. The Morgan fingerprint density at radius 3 is 2.60 bits per heavy atom. The first-order valence-electron chi connectivity index (χ1n) is 9.65. The molecule has 0 aromatic heterocycles. The fourth-order valence-corrected chi connectivity index (χ4v) is 3.76. The van der Waals surface area contributed by atoms with E-state index >= 15 is 0 Å². The monoisotopic (exact) mass is 464 g/mol. The zero-order valence-corrected chi connectivity index (χ0v) is 18.3. The first-order valence-corrected chi connectivity index (χ1v) is 10.4. The number of carbonyl (C=O) groups excluding carboxylic acids is 2. The topological polar surface area (TPSA) is 58.6 Å². The molecule has 0 aliphatic carbocycles. The van der Waals surface area contributed by atoms with Crippen molar-refractivity contribution in [3.63, 3.8) is 0 Å². The molecule has 0 bridgehead atoms. The van der Waals surface area contributed by atoms with E-state index < -0.39 is 6.10 Å². The van der Waals surface area contributed by atoms with Crippen LogP contribution in [0.3, 0.4) is 0 Å². The van der Waals surface area contributed by atoms with Gasteiger partial charge in [0.05, 0.1) is 12.2 Å². The van der Waals surface area contributed by atoms with Crippen molar-refractivity contribution in [2.45, 2.75) is 26.5 Å². The molecule has 1 aliphatic rings. The van der Waals surface area contributed by atoms with Crippen LogP contribution in [0.15, 0.2) is 71.2 Å². The number of hydrogen-bond acceptors (Lipinski definition) is 3. The standard InChI is InChI=1S/C24H21BrN2O3/c1-15-6-8-17(9-7-15)14-27-21-13-20(10-11-22(21)30-16(2)24(27)29)26-23(28)18-4-3-5-19(25)12-18/h3-13,16H,14H2,1-2H3,(H,26,28). The van der Waals surface area contributed by atoms with Crippen LogP contribution in [-0.4, -0.2) is 17.9 Å². The summed E-state index contributed by atoms with van der Waals surface area (Å²) in [5.74, 6) is 0.283. The average molecular weight is 465 g/mol. The third-order valence-electron chi connectivity index (χ3n) is 4.97. The van der Waals surface area contributed by atoms with Crippen LogP contribution in [-0.2, 0) is 11.3 Å². The molecule has 4 rings (SSSR count).